The topological polar surface area (TPSA) is 24.7 Å². The minimum atomic E-state index is 0. The Morgan fingerprint density at radius 1 is 0.462 bits per heavy atom. The molecule has 0 radical (unpaired) electrons. The van der Waals surface area contributed by atoms with Crippen LogP contribution in [0.15, 0.2) is 46.4 Å². The van der Waals surface area contributed by atoms with Crippen LogP contribution in [0.2, 0.25) is 0 Å². The van der Waals surface area contributed by atoms with Crippen LogP contribution in [-0.4, -0.2) is 11.4 Å². The van der Waals surface area contributed by atoms with Gasteiger partial charge in [-0.15, -0.1) is 0 Å². The number of unbranched alkanes of at least 4 members (excludes halogenated alkanes) is 12. The number of aliphatic imine (C=N–C) groups is 2. The molecule has 0 amide bonds. The van der Waals surface area contributed by atoms with Crippen molar-refractivity contribution in [1.29, 1.82) is 0 Å². The van der Waals surface area contributed by atoms with Gasteiger partial charge in [-0.05, 0) is 99.9 Å². The molecule has 220 valence electrons. The van der Waals surface area contributed by atoms with Gasteiger partial charge in [0.25, 0.3) is 0 Å². The van der Waals surface area contributed by atoms with Crippen LogP contribution in [0.3, 0.4) is 0 Å². The van der Waals surface area contributed by atoms with Crippen LogP contribution >= 0.6 is 0 Å². The molecule has 0 heterocycles. The Bertz CT molecular complexity index is 1010. The van der Waals surface area contributed by atoms with Crippen molar-refractivity contribution < 1.29 is 16.5 Å². The fourth-order valence-electron chi connectivity index (χ4n) is 4.93. The van der Waals surface area contributed by atoms with E-state index in [1.807, 2.05) is 0 Å². The van der Waals surface area contributed by atoms with E-state index >= 15 is 0 Å². The Morgan fingerprint density at radius 3 is 1.13 bits per heavy atom. The summed E-state index contributed by atoms with van der Waals surface area (Å²) in [6.45, 7) is 13.3. The maximum absolute atomic E-state index is 5.27. The Balaban J connectivity index is 0.00000760. The summed E-state index contributed by atoms with van der Waals surface area (Å²) in [4.78, 5) is 10.5. The molecule has 0 aromatic heterocycles. The first-order valence-corrected chi connectivity index (χ1v) is 15.7. The summed E-state index contributed by atoms with van der Waals surface area (Å²) in [5.41, 5.74) is 9.79. The van der Waals surface area contributed by atoms with Crippen LogP contribution < -0.4 is 0 Å². The third-order valence-electron chi connectivity index (χ3n) is 7.88. The van der Waals surface area contributed by atoms with Crippen LogP contribution in [0.5, 0.6) is 0 Å². The van der Waals surface area contributed by atoms with Gasteiger partial charge >= 0.3 is 0 Å². The molecule has 0 bridgehead atoms. The fraction of sp³-hybridized carbons (Fsp3) is 0.611. The van der Waals surface area contributed by atoms with Crippen molar-refractivity contribution in [3.8, 4) is 0 Å². The van der Waals surface area contributed by atoms with Crippen molar-refractivity contribution >= 4 is 22.8 Å². The first-order valence-electron chi connectivity index (χ1n) is 15.7. The van der Waals surface area contributed by atoms with Gasteiger partial charge in [0.2, 0.25) is 0 Å². The van der Waals surface area contributed by atoms with Gasteiger partial charge in [-0.25, -0.2) is 0 Å². The second-order valence-electron chi connectivity index (χ2n) is 11.4. The molecule has 0 aliphatic rings. The van der Waals surface area contributed by atoms with Crippen LogP contribution in [0.25, 0.3) is 0 Å². The van der Waals surface area contributed by atoms with Crippen molar-refractivity contribution in [2.75, 3.05) is 0 Å². The molecule has 0 atom stereocenters. The van der Waals surface area contributed by atoms with E-state index in [2.05, 4.69) is 77.9 Å². The summed E-state index contributed by atoms with van der Waals surface area (Å²) < 4.78 is 0. The summed E-state index contributed by atoms with van der Waals surface area (Å²) >= 11 is 0. The zero-order chi connectivity index (χ0) is 27.6. The SMILES string of the molecule is CCCCCCCCCCC(=N\c1ccc(C)c(C)c1)/C(CCCCCCCC)=N/c1ccc(C)c(C)c1.[Ni]. The first-order chi connectivity index (χ1) is 18.4. The predicted molar refractivity (Wildman–Crippen MR) is 171 cm³/mol. The molecule has 2 nitrogen and oxygen atoms in total. The number of hydrogen-bond acceptors (Lipinski definition) is 2. The van der Waals surface area contributed by atoms with Gasteiger partial charge in [-0.3, -0.25) is 9.98 Å². The largest absolute Gasteiger partial charge is 0.252 e. The van der Waals surface area contributed by atoms with E-state index < -0.39 is 0 Å². The molecule has 0 N–H and O–H groups in total. The quantitative estimate of drug-likeness (QED) is 0.0904. The van der Waals surface area contributed by atoms with Gasteiger partial charge in [-0.2, -0.15) is 0 Å². The van der Waals surface area contributed by atoms with Crippen molar-refractivity contribution in [1.82, 2.24) is 0 Å². The second-order valence-corrected chi connectivity index (χ2v) is 11.4. The Labute approximate surface area is 251 Å². The summed E-state index contributed by atoms with van der Waals surface area (Å²) in [5, 5.41) is 0. The molecule has 0 saturated carbocycles. The molecule has 0 aliphatic carbocycles. The first kappa shape index (κ1) is 35.3. The Morgan fingerprint density at radius 2 is 0.795 bits per heavy atom. The second kappa shape index (κ2) is 21.1. The van der Waals surface area contributed by atoms with Gasteiger partial charge in [0.1, 0.15) is 0 Å². The van der Waals surface area contributed by atoms with E-state index in [-0.39, 0.29) is 16.5 Å². The molecular formula is C36H56N2Ni. The minimum absolute atomic E-state index is 0. The predicted octanol–water partition coefficient (Wildman–Crippen LogP) is 12.0. The maximum atomic E-state index is 5.27. The number of hydrogen-bond donors (Lipinski definition) is 0. The zero-order valence-electron chi connectivity index (χ0n) is 26.0. The van der Waals surface area contributed by atoms with Crippen molar-refractivity contribution in [3.63, 3.8) is 0 Å². The molecular weight excluding hydrogens is 519 g/mol. The van der Waals surface area contributed by atoms with E-state index in [0.717, 1.165) is 24.2 Å². The smallest absolute Gasteiger partial charge is 0.0636 e. The number of nitrogens with zero attached hydrogens (tertiary/aromatic N) is 2. The average molecular weight is 576 g/mol. The van der Waals surface area contributed by atoms with Gasteiger partial charge in [0.15, 0.2) is 0 Å². The van der Waals surface area contributed by atoms with E-state index in [1.165, 1.54) is 124 Å². The molecule has 0 spiro atoms. The monoisotopic (exact) mass is 574 g/mol. The van der Waals surface area contributed by atoms with Crippen LogP contribution in [0.4, 0.5) is 11.4 Å². The van der Waals surface area contributed by atoms with Gasteiger partial charge in [0, 0.05) is 16.5 Å². The van der Waals surface area contributed by atoms with Crippen molar-refractivity contribution in [3.05, 3.63) is 58.7 Å². The van der Waals surface area contributed by atoms with Gasteiger partial charge < -0.3 is 0 Å². The summed E-state index contributed by atoms with van der Waals surface area (Å²) in [6, 6.07) is 13.2. The van der Waals surface area contributed by atoms with Crippen LogP contribution in [-0.2, 0) is 16.5 Å². The number of benzene rings is 2. The van der Waals surface area contributed by atoms with Crippen molar-refractivity contribution in [2.45, 2.75) is 144 Å². The standard InChI is InChI=1S/C36H56N2.Ni/c1-7-9-11-13-15-16-18-20-22-36(38-34-26-24-30(4)32(6)28-34)35(21-19-17-14-12-10-8-2)37-33-25-23-29(3)31(5)27-33;/h23-28H,7-22H2,1-6H3;/b37-35+,38-36+;. The molecule has 0 fully saturated rings. The number of rotatable bonds is 19. The molecule has 0 saturated heterocycles. The van der Waals surface area contributed by atoms with E-state index in [9.17, 15) is 0 Å². The summed E-state index contributed by atoms with van der Waals surface area (Å²) in [5.74, 6) is 0. The molecule has 0 aliphatic heterocycles. The summed E-state index contributed by atoms with van der Waals surface area (Å²) in [7, 11) is 0. The molecule has 2 aromatic rings. The molecule has 0 unspecified atom stereocenters. The molecule has 2 aromatic carbocycles. The van der Waals surface area contributed by atoms with E-state index in [4.69, 9.17) is 9.98 Å². The Hall–Kier alpha value is -1.73. The normalized spacial score (nSPS) is 12.1. The molecule has 39 heavy (non-hydrogen) atoms. The third-order valence-corrected chi connectivity index (χ3v) is 7.88. The summed E-state index contributed by atoms with van der Waals surface area (Å²) in [6.07, 6.45) is 20.5. The maximum Gasteiger partial charge on any atom is 0.0636 e. The van der Waals surface area contributed by atoms with Crippen LogP contribution in [0.1, 0.15) is 139 Å². The van der Waals surface area contributed by atoms with Gasteiger partial charge in [0.05, 0.1) is 22.8 Å². The number of aryl methyl sites for hydroxylation is 4. The molecule has 3 heteroatoms. The molecule has 2 rings (SSSR count). The van der Waals surface area contributed by atoms with Crippen molar-refractivity contribution in [2.24, 2.45) is 9.98 Å². The Kier molecular flexibility index (Phi) is 19.1. The minimum Gasteiger partial charge on any atom is -0.252 e. The van der Waals surface area contributed by atoms with Crippen LogP contribution in [0, 0.1) is 27.7 Å². The average Bonchev–Trinajstić information content (AvgIpc) is 2.90. The van der Waals surface area contributed by atoms with E-state index in [0.29, 0.717) is 0 Å². The van der Waals surface area contributed by atoms with E-state index in [1.54, 1.807) is 0 Å². The zero-order valence-corrected chi connectivity index (χ0v) is 27.0. The third kappa shape index (κ3) is 14.5. The van der Waals surface area contributed by atoms with Gasteiger partial charge in [-0.1, -0.05) is 103 Å². The fourth-order valence-corrected chi connectivity index (χ4v) is 4.93.